The van der Waals surface area contributed by atoms with Crippen molar-refractivity contribution < 1.29 is 22.6 Å². The van der Waals surface area contributed by atoms with Gasteiger partial charge in [-0.05, 0) is 37.1 Å². The predicted octanol–water partition coefficient (Wildman–Crippen LogP) is 5.21. The quantitative estimate of drug-likeness (QED) is 0.615. The van der Waals surface area contributed by atoms with Crippen LogP contribution in [0.3, 0.4) is 0 Å². The minimum Gasteiger partial charge on any atom is -0.494 e. The average molecular weight is 369 g/mol. The molecule has 26 heavy (non-hydrogen) atoms. The van der Waals surface area contributed by atoms with Crippen molar-refractivity contribution in [1.29, 1.82) is 0 Å². The van der Waals surface area contributed by atoms with Gasteiger partial charge in [-0.1, -0.05) is 20.3 Å². The molecule has 1 N–H and O–H groups in total. The van der Waals surface area contributed by atoms with Gasteiger partial charge in [0.1, 0.15) is 11.3 Å². The van der Waals surface area contributed by atoms with Gasteiger partial charge >= 0.3 is 6.18 Å². The Balaban J connectivity index is 2.11. The van der Waals surface area contributed by atoms with Crippen molar-refractivity contribution in [2.45, 2.75) is 39.3 Å². The van der Waals surface area contributed by atoms with E-state index in [-0.39, 0.29) is 12.6 Å². The van der Waals surface area contributed by atoms with Gasteiger partial charge in [0.15, 0.2) is 0 Å². The zero-order chi connectivity index (χ0) is 19.0. The molecule has 0 aliphatic heterocycles. The van der Waals surface area contributed by atoms with Gasteiger partial charge in [0.2, 0.25) is 11.8 Å². The van der Waals surface area contributed by atoms with E-state index >= 15 is 0 Å². The molecule has 5 nitrogen and oxygen atoms in total. The number of anilines is 2. The van der Waals surface area contributed by atoms with Crippen LogP contribution in [0.15, 0.2) is 30.5 Å². The average Bonchev–Trinajstić information content (AvgIpc) is 2.61. The van der Waals surface area contributed by atoms with E-state index in [4.69, 9.17) is 9.47 Å². The van der Waals surface area contributed by atoms with E-state index in [1.807, 2.05) is 0 Å². The fourth-order valence-electron chi connectivity index (χ4n) is 2.03. The first kappa shape index (κ1) is 19.8. The Morgan fingerprint density at radius 3 is 2.35 bits per heavy atom. The molecule has 1 aromatic heterocycles. The van der Waals surface area contributed by atoms with Crippen molar-refractivity contribution in [3.63, 3.8) is 0 Å². The number of hydrogen-bond acceptors (Lipinski definition) is 5. The molecule has 0 saturated heterocycles. The summed E-state index contributed by atoms with van der Waals surface area (Å²) >= 11 is 0. The lowest BCUT2D eigenvalue weighted by molar-refractivity contribution is -0.139. The molecule has 0 amide bonds. The van der Waals surface area contributed by atoms with Crippen molar-refractivity contribution >= 4 is 11.6 Å². The Bertz CT molecular complexity index is 691. The van der Waals surface area contributed by atoms with Crippen LogP contribution in [-0.2, 0) is 6.18 Å². The number of benzene rings is 1. The van der Waals surface area contributed by atoms with E-state index in [1.165, 1.54) is 0 Å². The number of nitrogens with zero attached hydrogens (tertiary/aromatic N) is 2. The number of hydrogen-bond donors (Lipinski definition) is 1. The van der Waals surface area contributed by atoms with Gasteiger partial charge in [-0.3, -0.25) is 0 Å². The third-order valence-electron chi connectivity index (χ3n) is 3.38. The van der Waals surface area contributed by atoms with Gasteiger partial charge in [-0.25, -0.2) is 4.98 Å². The van der Waals surface area contributed by atoms with Gasteiger partial charge in [-0.2, -0.15) is 18.2 Å². The second-order valence-corrected chi connectivity index (χ2v) is 5.61. The maximum Gasteiger partial charge on any atom is 0.423 e. The smallest absolute Gasteiger partial charge is 0.423 e. The molecule has 0 spiro atoms. The second-order valence-electron chi connectivity index (χ2n) is 5.61. The number of rotatable bonds is 9. The molecule has 142 valence electrons. The molecule has 8 heteroatoms. The SMILES string of the molecule is CCCCOc1ccc(Nc2ncc(C(F)(F)F)c(OCCC)n2)cc1. The van der Waals surface area contributed by atoms with Crippen molar-refractivity contribution in [1.82, 2.24) is 9.97 Å². The zero-order valence-corrected chi connectivity index (χ0v) is 14.8. The highest BCUT2D eigenvalue weighted by Gasteiger charge is 2.36. The van der Waals surface area contributed by atoms with Crippen LogP contribution in [0.1, 0.15) is 38.7 Å². The number of aromatic nitrogens is 2. The number of nitrogens with one attached hydrogen (secondary N) is 1. The van der Waals surface area contributed by atoms with Crippen molar-refractivity contribution in [3.05, 3.63) is 36.0 Å². The first-order valence-corrected chi connectivity index (χ1v) is 8.51. The van der Waals surface area contributed by atoms with Crippen LogP contribution in [0.25, 0.3) is 0 Å². The molecule has 0 atom stereocenters. The Labute approximate surface area is 150 Å². The Morgan fingerprint density at radius 2 is 1.73 bits per heavy atom. The van der Waals surface area contributed by atoms with Crippen molar-refractivity contribution in [3.8, 4) is 11.6 Å². The van der Waals surface area contributed by atoms with Gasteiger partial charge < -0.3 is 14.8 Å². The Morgan fingerprint density at radius 1 is 1.00 bits per heavy atom. The summed E-state index contributed by atoms with van der Waals surface area (Å²) in [5.41, 5.74) is -0.356. The summed E-state index contributed by atoms with van der Waals surface area (Å²) in [6.07, 6.45) is -1.25. The summed E-state index contributed by atoms with van der Waals surface area (Å²) in [5.74, 6) is 0.282. The fourth-order valence-corrected chi connectivity index (χ4v) is 2.03. The minimum absolute atomic E-state index is 0.0313. The highest BCUT2D eigenvalue weighted by Crippen LogP contribution is 2.35. The van der Waals surface area contributed by atoms with Crippen LogP contribution in [0, 0.1) is 0 Å². The number of halogens is 3. The number of alkyl halides is 3. The van der Waals surface area contributed by atoms with Crippen LogP contribution < -0.4 is 14.8 Å². The standard InChI is InChI=1S/C18H22F3N3O2/c1-3-5-11-25-14-8-6-13(7-9-14)23-17-22-12-15(18(19,20)21)16(24-17)26-10-4-2/h6-9,12H,3-5,10-11H2,1-2H3,(H,22,23,24). The maximum absolute atomic E-state index is 13.0. The molecular formula is C18H22F3N3O2. The lowest BCUT2D eigenvalue weighted by atomic mass is 10.3. The summed E-state index contributed by atoms with van der Waals surface area (Å²) in [6, 6.07) is 7.04. The predicted molar refractivity (Wildman–Crippen MR) is 92.9 cm³/mol. The van der Waals surface area contributed by atoms with E-state index in [2.05, 4.69) is 22.2 Å². The summed E-state index contributed by atoms with van der Waals surface area (Å²) in [5, 5.41) is 2.87. The summed E-state index contributed by atoms with van der Waals surface area (Å²) < 4.78 is 49.7. The minimum atomic E-state index is -4.57. The fraction of sp³-hybridized carbons (Fsp3) is 0.444. The molecule has 2 rings (SSSR count). The molecule has 0 fully saturated rings. The van der Waals surface area contributed by atoms with Crippen LogP contribution in [0.5, 0.6) is 11.6 Å². The topological polar surface area (TPSA) is 56.3 Å². The Hall–Kier alpha value is -2.51. The van der Waals surface area contributed by atoms with Crippen molar-refractivity contribution in [2.24, 2.45) is 0 Å². The first-order valence-electron chi connectivity index (χ1n) is 8.51. The highest BCUT2D eigenvalue weighted by atomic mass is 19.4. The van der Waals surface area contributed by atoms with Gasteiger partial charge in [-0.15, -0.1) is 0 Å². The summed E-state index contributed by atoms with van der Waals surface area (Å²) in [4.78, 5) is 7.60. The molecule has 0 unspecified atom stereocenters. The number of ether oxygens (including phenoxy) is 2. The second kappa shape index (κ2) is 9.26. The first-order chi connectivity index (χ1) is 12.4. The molecule has 0 aliphatic rings. The normalized spacial score (nSPS) is 11.3. The van der Waals surface area contributed by atoms with E-state index < -0.39 is 17.6 Å². The molecule has 2 aromatic rings. The molecule has 0 radical (unpaired) electrons. The zero-order valence-electron chi connectivity index (χ0n) is 14.8. The molecule has 1 heterocycles. The molecule has 1 aromatic carbocycles. The summed E-state index contributed by atoms with van der Waals surface area (Å²) in [6.45, 7) is 4.67. The largest absolute Gasteiger partial charge is 0.494 e. The lowest BCUT2D eigenvalue weighted by Gasteiger charge is -2.14. The number of unbranched alkanes of at least 4 members (excludes halogenated alkanes) is 1. The maximum atomic E-state index is 13.0. The monoisotopic (exact) mass is 369 g/mol. The van der Waals surface area contributed by atoms with Crippen LogP contribution in [0.4, 0.5) is 24.8 Å². The third-order valence-corrected chi connectivity index (χ3v) is 3.38. The van der Waals surface area contributed by atoms with E-state index in [0.717, 1.165) is 24.8 Å². The summed E-state index contributed by atoms with van der Waals surface area (Å²) in [7, 11) is 0. The lowest BCUT2D eigenvalue weighted by Crippen LogP contribution is -2.12. The highest BCUT2D eigenvalue weighted by molar-refractivity contribution is 5.55. The molecule has 0 saturated carbocycles. The van der Waals surface area contributed by atoms with Crippen LogP contribution in [-0.4, -0.2) is 23.2 Å². The van der Waals surface area contributed by atoms with Gasteiger partial charge in [0, 0.05) is 11.9 Å². The van der Waals surface area contributed by atoms with E-state index in [0.29, 0.717) is 18.7 Å². The Kier molecular flexibility index (Phi) is 7.06. The van der Waals surface area contributed by atoms with E-state index in [9.17, 15) is 13.2 Å². The molecular weight excluding hydrogens is 347 g/mol. The van der Waals surface area contributed by atoms with Crippen molar-refractivity contribution in [2.75, 3.05) is 18.5 Å². The third kappa shape index (κ3) is 5.79. The molecule has 0 bridgehead atoms. The molecule has 0 aliphatic carbocycles. The van der Waals surface area contributed by atoms with Gasteiger partial charge in [0.25, 0.3) is 0 Å². The van der Waals surface area contributed by atoms with E-state index in [1.54, 1.807) is 31.2 Å². The van der Waals surface area contributed by atoms with Gasteiger partial charge in [0.05, 0.1) is 13.2 Å². The van der Waals surface area contributed by atoms with Crippen LogP contribution >= 0.6 is 0 Å². The van der Waals surface area contributed by atoms with Crippen LogP contribution in [0.2, 0.25) is 0 Å².